The number of fused-ring (bicyclic) bond motifs is 2. The van der Waals surface area contributed by atoms with E-state index in [4.69, 9.17) is 5.73 Å². The summed E-state index contributed by atoms with van der Waals surface area (Å²) >= 11 is 0. The SMILES string of the molecule is Nc1cc(S(=O)(=O)O)cc2cc(S(=O)(=O)O)cc(N=Nc3cc(S(=O)(=O)O)c4cccc(S(=O)(=O)O)c4c3O)c12. The van der Waals surface area contributed by atoms with Crippen molar-refractivity contribution < 1.29 is 57.0 Å². The third-order valence-electron chi connectivity index (χ3n) is 5.46. The van der Waals surface area contributed by atoms with Crippen molar-refractivity contribution in [1.82, 2.24) is 0 Å². The number of phenols is 1. The van der Waals surface area contributed by atoms with Crippen molar-refractivity contribution in [1.29, 1.82) is 0 Å². The lowest BCUT2D eigenvalue weighted by atomic mass is 10.1. The highest BCUT2D eigenvalue weighted by Gasteiger charge is 2.25. The predicted molar refractivity (Wildman–Crippen MR) is 137 cm³/mol. The lowest BCUT2D eigenvalue weighted by Crippen LogP contribution is -2.03. The Morgan fingerprint density at radius 3 is 1.65 bits per heavy atom. The normalized spacial score (nSPS) is 13.4. The highest BCUT2D eigenvalue weighted by atomic mass is 32.2. The maximum absolute atomic E-state index is 12.0. The third kappa shape index (κ3) is 5.46. The monoisotopic (exact) mass is 633 g/mol. The van der Waals surface area contributed by atoms with E-state index in [0.29, 0.717) is 6.07 Å². The van der Waals surface area contributed by atoms with Crippen molar-refractivity contribution in [2.45, 2.75) is 19.6 Å². The molecule has 4 aromatic rings. The molecule has 0 saturated heterocycles. The quantitative estimate of drug-likeness (QED) is 0.101. The van der Waals surface area contributed by atoms with Gasteiger partial charge < -0.3 is 10.8 Å². The second-order valence-corrected chi connectivity index (χ2v) is 13.7. The number of hydrogen-bond donors (Lipinski definition) is 6. The molecule has 0 atom stereocenters. The average Bonchev–Trinajstić information content (AvgIpc) is 2.80. The zero-order valence-electron chi connectivity index (χ0n) is 19.2. The summed E-state index contributed by atoms with van der Waals surface area (Å²) in [6.07, 6.45) is 0. The second-order valence-electron chi connectivity index (χ2n) is 8.07. The molecule has 4 rings (SSSR count). The van der Waals surface area contributed by atoms with Crippen LogP contribution in [0.1, 0.15) is 0 Å². The Bertz CT molecular complexity index is 2220. The molecule has 0 aliphatic rings. The van der Waals surface area contributed by atoms with Crippen LogP contribution in [0.2, 0.25) is 0 Å². The zero-order valence-corrected chi connectivity index (χ0v) is 22.5. The van der Waals surface area contributed by atoms with Crippen molar-refractivity contribution in [3.63, 3.8) is 0 Å². The number of nitrogens with zero attached hydrogens (tertiary/aromatic N) is 2. The molecule has 0 saturated carbocycles. The first-order chi connectivity index (χ1) is 18.2. The predicted octanol–water partition coefficient (Wildman–Crippen LogP) is 2.68. The molecule has 0 unspecified atom stereocenters. The van der Waals surface area contributed by atoms with Gasteiger partial charge in [-0.3, -0.25) is 18.2 Å². The molecule has 4 aromatic carbocycles. The third-order valence-corrected chi connectivity index (χ3v) is 8.91. The minimum absolute atomic E-state index is 0.169. The van der Waals surface area contributed by atoms with E-state index >= 15 is 0 Å². The number of aromatic hydroxyl groups is 1. The Morgan fingerprint density at radius 2 is 1.12 bits per heavy atom. The average molecular weight is 634 g/mol. The molecule has 0 fully saturated rings. The Kier molecular flexibility index (Phi) is 6.88. The van der Waals surface area contributed by atoms with E-state index in [9.17, 15) is 57.0 Å². The number of anilines is 1. The van der Waals surface area contributed by atoms with Crippen LogP contribution in [0.3, 0.4) is 0 Å². The Morgan fingerprint density at radius 1 is 0.600 bits per heavy atom. The number of hydrogen-bond acceptors (Lipinski definition) is 12. The molecule has 0 amide bonds. The number of benzene rings is 4. The molecule has 0 spiro atoms. The maximum atomic E-state index is 12.0. The molecular formula is C20H15N3O13S4. The molecule has 212 valence electrons. The number of nitrogens with two attached hydrogens (primary N) is 1. The molecule has 0 bridgehead atoms. The van der Waals surface area contributed by atoms with Crippen molar-refractivity contribution >= 4 is 79.1 Å². The Balaban J connectivity index is 2.10. The first kappa shape index (κ1) is 29.2. The van der Waals surface area contributed by atoms with Gasteiger partial charge in [0.05, 0.1) is 15.5 Å². The smallest absolute Gasteiger partial charge is 0.295 e. The van der Waals surface area contributed by atoms with Crippen LogP contribution >= 0.6 is 0 Å². The summed E-state index contributed by atoms with van der Waals surface area (Å²) in [5.74, 6) is -1.03. The van der Waals surface area contributed by atoms with Crippen LogP contribution < -0.4 is 5.73 Å². The summed E-state index contributed by atoms with van der Waals surface area (Å²) in [6.45, 7) is 0. The molecular weight excluding hydrogens is 618 g/mol. The minimum Gasteiger partial charge on any atom is -0.505 e. The van der Waals surface area contributed by atoms with E-state index in [1.165, 1.54) is 0 Å². The van der Waals surface area contributed by atoms with Crippen LogP contribution in [-0.4, -0.2) is 57.0 Å². The largest absolute Gasteiger partial charge is 0.505 e. The molecule has 0 heterocycles. The summed E-state index contributed by atoms with van der Waals surface area (Å²) in [7, 11) is -19.9. The van der Waals surface area contributed by atoms with Crippen molar-refractivity contribution in [2.75, 3.05) is 5.73 Å². The molecule has 0 aliphatic carbocycles. The fraction of sp³-hybridized carbons (Fsp3) is 0. The lowest BCUT2D eigenvalue weighted by molar-refractivity contribution is 0.472. The Hall–Kier alpha value is -3.76. The molecule has 0 aromatic heterocycles. The zero-order chi connectivity index (χ0) is 30.0. The van der Waals surface area contributed by atoms with Gasteiger partial charge in [0.25, 0.3) is 40.5 Å². The fourth-order valence-corrected chi connectivity index (χ4v) is 6.35. The van der Waals surface area contributed by atoms with Gasteiger partial charge in [-0.2, -0.15) is 33.7 Å². The summed E-state index contributed by atoms with van der Waals surface area (Å²) in [6, 6.07) is 6.60. The van der Waals surface area contributed by atoms with E-state index in [0.717, 1.165) is 42.5 Å². The van der Waals surface area contributed by atoms with Crippen LogP contribution in [0.5, 0.6) is 5.75 Å². The van der Waals surface area contributed by atoms with Gasteiger partial charge in [0.1, 0.15) is 15.5 Å². The van der Waals surface area contributed by atoms with Gasteiger partial charge in [0.2, 0.25) is 0 Å². The summed E-state index contributed by atoms with van der Waals surface area (Å²) in [5, 5.41) is 16.4. The molecule has 7 N–H and O–H groups in total. The number of azo groups is 1. The van der Waals surface area contributed by atoms with Gasteiger partial charge in [0, 0.05) is 21.8 Å². The number of phenolic OH excluding ortho intramolecular Hbond substituents is 1. The highest BCUT2D eigenvalue weighted by Crippen LogP contribution is 2.43. The fourth-order valence-electron chi connectivity index (χ4n) is 3.84. The van der Waals surface area contributed by atoms with E-state index in [-0.39, 0.29) is 16.5 Å². The van der Waals surface area contributed by atoms with Crippen LogP contribution in [0.25, 0.3) is 21.5 Å². The minimum atomic E-state index is -5.10. The Labute approximate surface area is 225 Å². The van der Waals surface area contributed by atoms with E-state index in [1.54, 1.807) is 0 Å². The van der Waals surface area contributed by atoms with Crippen LogP contribution in [0.15, 0.2) is 78.3 Å². The van der Waals surface area contributed by atoms with E-state index in [2.05, 4.69) is 10.2 Å². The maximum Gasteiger partial charge on any atom is 0.295 e. The van der Waals surface area contributed by atoms with Gasteiger partial charge in [-0.05, 0) is 41.8 Å². The molecule has 16 nitrogen and oxygen atoms in total. The second kappa shape index (κ2) is 9.42. The standard InChI is InChI=1S/C20H15N3O13S4/c21-13-6-10(37(25,26)27)4-9-5-11(38(28,29)30)7-14(18(9)13)22-23-15-8-17(40(34,35)36)12-2-1-3-16(39(31,32)33)19(12)20(15)24/h1-8,24H,21H2,(H,25,26,27)(H,28,29,30)(H,31,32,33)(H,34,35,36). The van der Waals surface area contributed by atoms with Crippen LogP contribution in [0, 0.1) is 0 Å². The van der Waals surface area contributed by atoms with Gasteiger partial charge in [0.15, 0.2) is 5.75 Å². The molecule has 20 heteroatoms. The van der Waals surface area contributed by atoms with Crippen LogP contribution in [0.4, 0.5) is 17.1 Å². The summed E-state index contributed by atoms with van der Waals surface area (Å²) < 4.78 is 133. The van der Waals surface area contributed by atoms with Crippen molar-refractivity contribution in [3.05, 3.63) is 48.5 Å². The van der Waals surface area contributed by atoms with Crippen molar-refractivity contribution in [3.8, 4) is 5.75 Å². The number of nitrogen functional groups attached to an aromatic ring is 1. The van der Waals surface area contributed by atoms with Gasteiger partial charge in [-0.1, -0.05) is 12.1 Å². The highest BCUT2D eigenvalue weighted by molar-refractivity contribution is 7.87. The molecule has 0 aliphatic heterocycles. The van der Waals surface area contributed by atoms with Crippen molar-refractivity contribution in [2.24, 2.45) is 10.2 Å². The van der Waals surface area contributed by atoms with Crippen LogP contribution in [-0.2, 0) is 40.5 Å². The topological polar surface area (TPSA) is 288 Å². The van der Waals surface area contributed by atoms with Gasteiger partial charge in [-0.15, -0.1) is 10.2 Å². The summed E-state index contributed by atoms with van der Waals surface area (Å²) in [5.41, 5.74) is 4.23. The van der Waals surface area contributed by atoms with E-state index < -0.39 is 88.0 Å². The summed E-state index contributed by atoms with van der Waals surface area (Å²) in [4.78, 5) is -3.48. The van der Waals surface area contributed by atoms with E-state index in [1.807, 2.05) is 0 Å². The molecule has 40 heavy (non-hydrogen) atoms. The first-order valence-corrected chi connectivity index (χ1v) is 15.9. The number of rotatable bonds is 6. The first-order valence-electron chi connectivity index (χ1n) is 10.2. The molecule has 0 radical (unpaired) electrons. The lowest BCUT2D eigenvalue weighted by Gasteiger charge is -2.12. The van der Waals surface area contributed by atoms with Gasteiger partial charge >= 0.3 is 0 Å². The van der Waals surface area contributed by atoms with Gasteiger partial charge in [-0.25, -0.2) is 0 Å².